The first kappa shape index (κ1) is 29.2. The van der Waals surface area contributed by atoms with E-state index in [2.05, 4.69) is 5.32 Å². The van der Waals surface area contributed by atoms with Crippen LogP contribution in [0.5, 0.6) is 0 Å². The van der Waals surface area contributed by atoms with E-state index in [9.17, 15) is 55.5 Å². The van der Waals surface area contributed by atoms with E-state index in [1.165, 1.54) is 0 Å². The Morgan fingerprint density at radius 1 is 1.09 bits per heavy atom. The number of aliphatic hydroxyl groups is 8. The van der Waals surface area contributed by atoms with E-state index in [1.807, 2.05) is 0 Å². The Hall–Kier alpha value is -2.08. The summed E-state index contributed by atoms with van der Waals surface area (Å²) in [6.45, 7) is -2.76. The van der Waals surface area contributed by atoms with Crippen LogP contribution in [-0.4, -0.2) is 132 Å². The second-order valence-corrected chi connectivity index (χ2v) is 8.10. The maximum absolute atomic E-state index is 12.6. The molecule has 2 rings (SSSR count). The van der Waals surface area contributed by atoms with Gasteiger partial charge in [0.05, 0.1) is 19.8 Å². The van der Waals surface area contributed by atoms with Crippen LogP contribution in [0.15, 0.2) is 30.3 Å². The van der Waals surface area contributed by atoms with Crippen molar-refractivity contribution in [1.82, 2.24) is 5.32 Å². The van der Waals surface area contributed by atoms with Gasteiger partial charge in [0.1, 0.15) is 42.7 Å². The minimum Gasteiger partial charge on any atom is -0.480 e. The first-order chi connectivity index (χ1) is 16.4. The minimum absolute atomic E-state index is 0.00128. The van der Waals surface area contributed by atoms with Gasteiger partial charge in [0, 0.05) is 0 Å². The number of carboxylic acids is 1. The molecule has 10 N–H and O–H groups in total. The highest BCUT2D eigenvalue weighted by Crippen LogP contribution is 2.31. The van der Waals surface area contributed by atoms with Crippen LogP contribution in [0.25, 0.3) is 0 Å². The molecule has 1 fully saturated rings. The number of aliphatic hydroxyl groups excluding tert-OH is 7. The van der Waals surface area contributed by atoms with Crippen LogP contribution in [0, 0.1) is 0 Å². The van der Waals surface area contributed by atoms with Crippen molar-refractivity contribution < 1.29 is 65.0 Å². The molecule has 14 nitrogen and oxygen atoms in total. The zero-order chi connectivity index (χ0) is 26.3. The summed E-state index contributed by atoms with van der Waals surface area (Å²) in [5.74, 6) is -5.62. The lowest BCUT2D eigenvalue weighted by Gasteiger charge is -2.46. The van der Waals surface area contributed by atoms with E-state index in [-0.39, 0.29) is 6.42 Å². The number of ether oxygens (including phenoxy) is 2. The third-order valence-electron chi connectivity index (χ3n) is 5.54. The number of ketones is 1. The third kappa shape index (κ3) is 7.22. The van der Waals surface area contributed by atoms with E-state index in [4.69, 9.17) is 9.47 Å². The van der Waals surface area contributed by atoms with Crippen molar-refractivity contribution in [1.29, 1.82) is 0 Å². The predicted octanol–water partition coefficient (Wildman–Crippen LogP) is -4.94. The fourth-order valence-electron chi connectivity index (χ4n) is 3.48. The molecule has 1 aliphatic rings. The Labute approximate surface area is 199 Å². The average molecular weight is 505 g/mol. The van der Waals surface area contributed by atoms with Crippen LogP contribution in [0.1, 0.15) is 5.56 Å². The molecule has 0 bridgehead atoms. The van der Waals surface area contributed by atoms with Crippen LogP contribution < -0.4 is 5.32 Å². The highest BCUT2D eigenvalue weighted by molar-refractivity contribution is 5.86. The van der Waals surface area contributed by atoms with Crippen LogP contribution >= 0.6 is 0 Å². The molecular weight excluding hydrogens is 474 g/mol. The molecule has 0 spiro atoms. The molecule has 0 radical (unpaired) electrons. The molecule has 0 aliphatic carbocycles. The van der Waals surface area contributed by atoms with Gasteiger partial charge < -0.3 is 55.4 Å². The smallest absolute Gasteiger partial charge is 0.321 e. The second kappa shape index (κ2) is 12.8. The second-order valence-electron chi connectivity index (χ2n) is 8.10. The molecule has 1 heterocycles. The van der Waals surface area contributed by atoms with Gasteiger partial charge in [0.25, 0.3) is 0 Å². The van der Waals surface area contributed by atoms with Crippen molar-refractivity contribution in [3.05, 3.63) is 35.9 Å². The lowest BCUT2D eigenvalue weighted by molar-refractivity contribution is -0.464. The van der Waals surface area contributed by atoms with Crippen molar-refractivity contribution in [3.8, 4) is 0 Å². The number of benzene rings is 1. The standard InChI is InChI=1S/C21H31NO13/c23-8-13(26)18(35-21(33)19(30)17(29)16(28)14(9-24)34-21)15(27)12(25)7-22-11(20(31)32)6-10-4-2-1-3-5-10/h1-5,11,13-19,22-24,26-30,33H,6-9H2,(H,31,32)/t11-,13+,14+,15+,16+,17-,18+,19+,21+/m0/s1. The summed E-state index contributed by atoms with van der Waals surface area (Å²) < 4.78 is 9.89. The topological polar surface area (TPSA) is 247 Å². The number of carbonyl (C=O) groups is 2. The minimum atomic E-state index is -3.22. The largest absolute Gasteiger partial charge is 0.480 e. The van der Waals surface area contributed by atoms with E-state index in [1.54, 1.807) is 30.3 Å². The number of carboxylic acid groups (broad SMARTS) is 1. The highest BCUT2D eigenvalue weighted by atomic mass is 16.8. The van der Waals surface area contributed by atoms with Crippen molar-refractivity contribution in [2.24, 2.45) is 0 Å². The SMILES string of the molecule is O=C(O)[C@H](Cc1ccccc1)NCC(=O)[C@@H](O)[C@H](O[C@]1(O)O[C@H](CO)[C@@H](O)[C@H](O)[C@H]1O)[C@H](O)CO. The molecule has 1 saturated heterocycles. The molecule has 1 aromatic rings. The summed E-state index contributed by atoms with van der Waals surface area (Å²) in [4.78, 5) is 24.1. The molecule has 0 unspecified atom stereocenters. The van der Waals surface area contributed by atoms with Gasteiger partial charge in [-0.2, -0.15) is 0 Å². The summed E-state index contributed by atoms with van der Waals surface area (Å²) >= 11 is 0. The molecule has 1 aromatic carbocycles. The molecule has 14 heteroatoms. The third-order valence-corrected chi connectivity index (χ3v) is 5.54. The van der Waals surface area contributed by atoms with Gasteiger partial charge in [-0.05, 0) is 12.0 Å². The zero-order valence-corrected chi connectivity index (χ0v) is 18.5. The number of rotatable bonds is 13. The predicted molar refractivity (Wildman–Crippen MR) is 113 cm³/mol. The fraction of sp³-hybridized carbons (Fsp3) is 0.619. The molecule has 1 aliphatic heterocycles. The Morgan fingerprint density at radius 2 is 1.71 bits per heavy atom. The Morgan fingerprint density at radius 3 is 2.26 bits per heavy atom. The van der Waals surface area contributed by atoms with E-state index < -0.39 is 86.3 Å². The normalized spacial score (nSPS) is 30.3. The summed E-state index contributed by atoms with van der Waals surface area (Å²) in [6, 6.07) is 7.26. The van der Waals surface area contributed by atoms with Crippen molar-refractivity contribution in [3.63, 3.8) is 0 Å². The quantitative estimate of drug-likeness (QED) is 0.113. The number of hydrogen-bond acceptors (Lipinski definition) is 13. The monoisotopic (exact) mass is 505 g/mol. The van der Waals surface area contributed by atoms with Crippen LogP contribution in [0.4, 0.5) is 0 Å². The fourth-order valence-corrected chi connectivity index (χ4v) is 3.48. The van der Waals surface area contributed by atoms with E-state index in [0.29, 0.717) is 5.56 Å². The van der Waals surface area contributed by atoms with Gasteiger partial charge >= 0.3 is 11.9 Å². The molecule has 9 atom stereocenters. The molecule has 198 valence electrons. The number of carbonyl (C=O) groups excluding carboxylic acids is 1. The number of Topliss-reactive ketones (excluding diaryl/α,β-unsaturated/α-hetero) is 1. The maximum atomic E-state index is 12.6. The Bertz CT molecular complexity index is 825. The first-order valence-corrected chi connectivity index (χ1v) is 10.7. The Kier molecular flexibility index (Phi) is 10.6. The van der Waals surface area contributed by atoms with E-state index in [0.717, 1.165) is 0 Å². The lowest BCUT2D eigenvalue weighted by atomic mass is 9.97. The van der Waals surface area contributed by atoms with Crippen molar-refractivity contribution in [2.45, 2.75) is 61.2 Å². The van der Waals surface area contributed by atoms with Gasteiger partial charge in [-0.15, -0.1) is 0 Å². The number of hydrogen-bond donors (Lipinski definition) is 10. The highest BCUT2D eigenvalue weighted by Gasteiger charge is 2.56. The van der Waals surface area contributed by atoms with Gasteiger partial charge in [0.15, 0.2) is 11.9 Å². The number of aliphatic carboxylic acids is 1. The summed E-state index contributed by atoms with van der Waals surface area (Å²) in [7, 11) is 0. The first-order valence-electron chi connectivity index (χ1n) is 10.7. The molecule has 0 amide bonds. The van der Waals surface area contributed by atoms with Crippen molar-refractivity contribution in [2.75, 3.05) is 19.8 Å². The van der Waals surface area contributed by atoms with Crippen LogP contribution in [0.3, 0.4) is 0 Å². The molecular formula is C21H31NO13. The molecule has 0 saturated carbocycles. The summed E-state index contributed by atoms with van der Waals surface area (Å²) in [5.41, 5.74) is 0.655. The molecule has 0 aromatic heterocycles. The van der Waals surface area contributed by atoms with Gasteiger partial charge in [-0.25, -0.2) is 0 Å². The number of nitrogens with one attached hydrogen (secondary N) is 1. The summed E-state index contributed by atoms with van der Waals surface area (Å²) in [6.07, 6.45) is -14.4. The van der Waals surface area contributed by atoms with E-state index >= 15 is 0 Å². The van der Waals surface area contributed by atoms with Crippen LogP contribution in [-0.2, 0) is 25.5 Å². The maximum Gasteiger partial charge on any atom is 0.321 e. The van der Waals surface area contributed by atoms with Gasteiger partial charge in [-0.3, -0.25) is 14.9 Å². The lowest BCUT2D eigenvalue weighted by Crippen LogP contribution is -2.68. The summed E-state index contributed by atoms with van der Waals surface area (Å²) in [5, 5.41) is 91.3. The van der Waals surface area contributed by atoms with Crippen LogP contribution in [0.2, 0.25) is 0 Å². The van der Waals surface area contributed by atoms with Gasteiger partial charge in [0.2, 0.25) is 0 Å². The van der Waals surface area contributed by atoms with Gasteiger partial charge in [-0.1, -0.05) is 30.3 Å². The average Bonchev–Trinajstić information content (AvgIpc) is 2.85. The van der Waals surface area contributed by atoms with Crippen molar-refractivity contribution >= 4 is 11.8 Å². The Balaban J connectivity index is 2.13. The zero-order valence-electron chi connectivity index (χ0n) is 18.5. The molecule has 35 heavy (non-hydrogen) atoms.